The van der Waals surface area contributed by atoms with Crippen molar-refractivity contribution in [2.75, 3.05) is 14.2 Å². The Balaban J connectivity index is 3.28. The fourth-order valence-electron chi connectivity index (χ4n) is 1.98. The summed E-state index contributed by atoms with van der Waals surface area (Å²) in [6.07, 6.45) is -0.0431. The summed E-state index contributed by atoms with van der Waals surface area (Å²) in [5.74, 6) is 6.89. The van der Waals surface area contributed by atoms with Gasteiger partial charge >= 0.3 is 0 Å². The van der Waals surface area contributed by atoms with Gasteiger partial charge < -0.3 is 10.1 Å². The number of methoxy groups -OCH3 is 1. The molecule has 4 N–H and O–H groups in total. The normalized spacial score (nSPS) is 12.9. The number of hydrogen-bond donors (Lipinski definition) is 3. The number of hydrazine groups is 1. The molecule has 0 bridgehead atoms. The average Bonchev–Trinajstić information content (AvgIpc) is 2.31. The highest BCUT2D eigenvalue weighted by Crippen LogP contribution is 2.31. The summed E-state index contributed by atoms with van der Waals surface area (Å²) in [4.78, 5) is 0. The molecule has 1 aromatic carbocycles. The molecule has 1 aromatic rings. The van der Waals surface area contributed by atoms with Crippen LogP contribution in [0.3, 0.4) is 0 Å². The zero-order valence-corrected chi connectivity index (χ0v) is 11.3. The van der Waals surface area contributed by atoms with E-state index in [1.807, 2.05) is 7.05 Å². The lowest BCUT2D eigenvalue weighted by Crippen LogP contribution is -2.37. The van der Waals surface area contributed by atoms with Crippen molar-refractivity contribution >= 4 is 0 Å². The Morgan fingerprint density at radius 1 is 1.24 bits per heavy atom. The molecule has 0 aliphatic carbocycles. The molecule has 1 unspecified atom stereocenters. The second-order valence-electron chi connectivity index (χ2n) is 4.49. The highest BCUT2D eigenvalue weighted by atomic mass is 16.5. The van der Waals surface area contributed by atoms with Crippen LogP contribution >= 0.6 is 0 Å². The minimum absolute atomic E-state index is 0.0431. The van der Waals surface area contributed by atoms with Crippen molar-refractivity contribution in [1.82, 2.24) is 10.7 Å². The van der Waals surface area contributed by atoms with Crippen molar-refractivity contribution in [2.24, 2.45) is 5.84 Å². The van der Waals surface area contributed by atoms with Crippen molar-refractivity contribution in [3.63, 3.8) is 0 Å². The molecule has 0 radical (unpaired) electrons. The molecule has 4 heteroatoms. The van der Waals surface area contributed by atoms with Crippen LogP contribution in [0, 0.1) is 6.92 Å². The topological polar surface area (TPSA) is 59.3 Å². The van der Waals surface area contributed by atoms with E-state index in [2.05, 4.69) is 43.6 Å². The number of benzene rings is 1. The third-order valence-electron chi connectivity index (χ3n) is 3.01. The third-order valence-corrected chi connectivity index (χ3v) is 3.01. The second kappa shape index (κ2) is 6.00. The van der Waals surface area contributed by atoms with Gasteiger partial charge in [-0.1, -0.05) is 13.8 Å². The molecule has 96 valence electrons. The van der Waals surface area contributed by atoms with E-state index in [9.17, 15) is 0 Å². The SMILES string of the molecule is CNC(NN)c1cc(C(C)C)c(OC)cc1C. The molecule has 0 aliphatic rings. The lowest BCUT2D eigenvalue weighted by Gasteiger charge is -2.21. The molecule has 1 atom stereocenters. The van der Waals surface area contributed by atoms with Crippen LogP contribution in [-0.2, 0) is 0 Å². The van der Waals surface area contributed by atoms with Gasteiger partial charge in [0.1, 0.15) is 5.75 Å². The molecule has 0 fully saturated rings. The van der Waals surface area contributed by atoms with E-state index in [0.717, 1.165) is 16.9 Å². The Morgan fingerprint density at radius 3 is 2.29 bits per heavy atom. The van der Waals surface area contributed by atoms with Gasteiger partial charge in [0.25, 0.3) is 0 Å². The first-order valence-corrected chi connectivity index (χ1v) is 5.87. The molecule has 0 saturated carbocycles. The summed E-state index contributed by atoms with van der Waals surface area (Å²) in [7, 11) is 3.58. The van der Waals surface area contributed by atoms with Crippen LogP contribution in [0.2, 0.25) is 0 Å². The number of hydrogen-bond acceptors (Lipinski definition) is 4. The van der Waals surface area contributed by atoms with Crippen LogP contribution in [0.25, 0.3) is 0 Å². The first-order valence-electron chi connectivity index (χ1n) is 5.87. The smallest absolute Gasteiger partial charge is 0.122 e. The quantitative estimate of drug-likeness (QED) is 0.415. The van der Waals surface area contributed by atoms with E-state index in [1.165, 1.54) is 5.56 Å². The number of ether oxygens (including phenoxy) is 1. The minimum Gasteiger partial charge on any atom is -0.496 e. The highest BCUT2D eigenvalue weighted by Gasteiger charge is 2.15. The van der Waals surface area contributed by atoms with Gasteiger partial charge in [0.15, 0.2) is 0 Å². The maximum absolute atomic E-state index is 5.54. The van der Waals surface area contributed by atoms with Crippen molar-refractivity contribution in [3.8, 4) is 5.75 Å². The lowest BCUT2D eigenvalue weighted by molar-refractivity contribution is 0.405. The van der Waals surface area contributed by atoms with Gasteiger partial charge in [-0.05, 0) is 48.7 Å². The van der Waals surface area contributed by atoms with Gasteiger partial charge in [-0.3, -0.25) is 5.84 Å². The van der Waals surface area contributed by atoms with E-state index in [-0.39, 0.29) is 6.17 Å². The maximum atomic E-state index is 5.54. The predicted molar refractivity (Wildman–Crippen MR) is 70.9 cm³/mol. The van der Waals surface area contributed by atoms with Crippen molar-refractivity contribution in [2.45, 2.75) is 32.9 Å². The monoisotopic (exact) mass is 237 g/mol. The van der Waals surface area contributed by atoms with E-state index in [4.69, 9.17) is 10.6 Å². The Kier molecular flexibility index (Phi) is 4.93. The number of aryl methyl sites for hydroxylation is 1. The summed E-state index contributed by atoms with van der Waals surface area (Å²) in [6, 6.07) is 4.21. The molecule has 0 amide bonds. The van der Waals surface area contributed by atoms with E-state index in [0.29, 0.717) is 5.92 Å². The van der Waals surface area contributed by atoms with E-state index in [1.54, 1.807) is 7.11 Å². The molecule has 0 spiro atoms. The third kappa shape index (κ3) is 2.97. The van der Waals surface area contributed by atoms with Gasteiger partial charge in [-0.25, -0.2) is 5.43 Å². The standard InChI is InChI=1S/C13H23N3O/c1-8(2)10-7-11(13(15-4)16-14)9(3)6-12(10)17-5/h6-8,13,15-16H,14H2,1-5H3. The van der Waals surface area contributed by atoms with Crippen LogP contribution in [0.5, 0.6) is 5.75 Å². The van der Waals surface area contributed by atoms with Gasteiger partial charge in [0.2, 0.25) is 0 Å². The van der Waals surface area contributed by atoms with Gasteiger partial charge in [0.05, 0.1) is 13.3 Å². The number of nitrogens with one attached hydrogen (secondary N) is 2. The molecular formula is C13H23N3O. The molecule has 17 heavy (non-hydrogen) atoms. The minimum atomic E-state index is -0.0431. The highest BCUT2D eigenvalue weighted by molar-refractivity contribution is 5.44. The van der Waals surface area contributed by atoms with Crippen LogP contribution in [-0.4, -0.2) is 14.2 Å². The summed E-state index contributed by atoms with van der Waals surface area (Å²) < 4.78 is 5.42. The molecule has 0 aliphatic heterocycles. The number of rotatable bonds is 5. The van der Waals surface area contributed by atoms with Crippen molar-refractivity contribution in [1.29, 1.82) is 0 Å². The molecular weight excluding hydrogens is 214 g/mol. The first-order chi connectivity index (χ1) is 8.04. The summed E-state index contributed by atoms with van der Waals surface area (Å²) in [5.41, 5.74) is 6.27. The van der Waals surface area contributed by atoms with Crippen LogP contribution < -0.4 is 21.3 Å². The van der Waals surface area contributed by atoms with Gasteiger partial charge in [0, 0.05) is 0 Å². The van der Waals surface area contributed by atoms with Gasteiger partial charge in [-0.15, -0.1) is 0 Å². The van der Waals surface area contributed by atoms with Crippen LogP contribution in [0.15, 0.2) is 12.1 Å². The zero-order chi connectivity index (χ0) is 13.0. The van der Waals surface area contributed by atoms with Gasteiger partial charge in [-0.2, -0.15) is 0 Å². The van der Waals surface area contributed by atoms with Crippen LogP contribution in [0.4, 0.5) is 0 Å². The Bertz CT molecular complexity index is 373. The molecule has 0 heterocycles. The predicted octanol–water partition coefficient (Wildman–Crippen LogP) is 1.81. The Hall–Kier alpha value is -1.10. The lowest BCUT2D eigenvalue weighted by atomic mass is 9.95. The molecule has 0 aromatic heterocycles. The van der Waals surface area contributed by atoms with Crippen LogP contribution in [0.1, 0.15) is 42.6 Å². The maximum Gasteiger partial charge on any atom is 0.122 e. The molecule has 0 saturated heterocycles. The second-order valence-corrected chi connectivity index (χ2v) is 4.49. The van der Waals surface area contributed by atoms with Crippen molar-refractivity contribution < 1.29 is 4.74 Å². The summed E-state index contributed by atoms with van der Waals surface area (Å²) >= 11 is 0. The Morgan fingerprint density at radius 2 is 1.88 bits per heavy atom. The largest absolute Gasteiger partial charge is 0.496 e. The zero-order valence-electron chi connectivity index (χ0n) is 11.3. The first kappa shape index (κ1) is 14.0. The Labute approximate surface area is 104 Å². The average molecular weight is 237 g/mol. The molecule has 1 rings (SSSR count). The molecule has 4 nitrogen and oxygen atoms in total. The number of nitrogens with two attached hydrogens (primary N) is 1. The fraction of sp³-hybridized carbons (Fsp3) is 0.538. The summed E-state index contributed by atoms with van der Waals surface area (Å²) in [6.45, 7) is 6.37. The van der Waals surface area contributed by atoms with E-state index >= 15 is 0 Å². The van der Waals surface area contributed by atoms with E-state index < -0.39 is 0 Å². The fourth-order valence-corrected chi connectivity index (χ4v) is 1.98. The van der Waals surface area contributed by atoms with Crippen molar-refractivity contribution in [3.05, 3.63) is 28.8 Å². The summed E-state index contributed by atoms with van der Waals surface area (Å²) in [5, 5.41) is 3.14.